The molecule has 0 fully saturated rings. The lowest BCUT2D eigenvalue weighted by molar-refractivity contribution is 0.0601. The second-order valence-corrected chi connectivity index (χ2v) is 4.16. The van der Waals surface area contributed by atoms with Gasteiger partial charge in [0, 0.05) is 18.0 Å². The lowest BCUT2D eigenvalue weighted by atomic mass is 10.1. The quantitative estimate of drug-likeness (QED) is 0.719. The highest BCUT2D eigenvalue weighted by Gasteiger charge is 2.12. The molecule has 0 unspecified atom stereocenters. The molecule has 3 aromatic rings. The summed E-state index contributed by atoms with van der Waals surface area (Å²) in [4.78, 5) is 19.5. The SMILES string of the molecule is COC(=O)c1ccc(-c2nc(O)c3cnccn23)cc1. The lowest BCUT2D eigenvalue weighted by Crippen LogP contribution is -2.00. The fourth-order valence-corrected chi connectivity index (χ4v) is 2.00. The number of fused-ring (bicyclic) bond motifs is 1. The van der Waals surface area contributed by atoms with E-state index in [2.05, 4.69) is 14.7 Å². The Hall–Kier alpha value is -2.89. The number of methoxy groups -OCH3 is 1. The molecule has 6 heteroatoms. The molecule has 1 N–H and O–H groups in total. The number of carbonyl (C=O) groups is 1. The van der Waals surface area contributed by atoms with Crippen molar-refractivity contribution in [1.82, 2.24) is 14.4 Å². The van der Waals surface area contributed by atoms with E-state index in [1.165, 1.54) is 13.3 Å². The summed E-state index contributed by atoms with van der Waals surface area (Å²) in [5.74, 6) is 0.109. The van der Waals surface area contributed by atoms with Crippen LogP contribution in [0.2, 0.25) is 0 Å². The van der Waals surface area contributed by atoms with Gasteiger partial charge in [0.2, 0.25) is 5.88 Å². The second-order valence-electron chi connectivity index (χ2n) is 4.16. The first kappa shape index (κ1) is 12.2. The Morgan fingerprint density at radius 1 is 1.30 bits per heavy atom. The number of hydrogen-bond acceptors (Lipinski definition) is 5. The molecule has 0 aliphatic rings. The molecule has 0 aliphatic heterocycles. The molecule has 0 radical (unpaired) electrons. The summed E-state index contributed by atoms with van der Waals surface area (Å²) in [5.41, 5.74) is 1.77. The van der Waals surface area contributed by atoms with Crippen molar-refractivity contribution < 1.29 is 14.6 Å². The summed E-state index contributed by atoms with van der Waals surface area (Å²) in [6.07, 6.45) is 4.86. The number of hydrogen-bond donors (Lipinski definition) is 1. The summed E-state index contributed by atoms with van der Waals surface area (Å²) in [6.45, 7) is 0. The van der Waals surface area contributed by atoms with E-state index in [-0.39, 0.29) is 5.88 Å². The molecule has 3 rings (SSSR count). The summed E-state index contributed by atoms with van der Waals surface area (Å²) in [6, 6.07) is 6.81. The van der Waals surface area contributed by atoms with Crippen molar-refractivity contribution in [3.05, 3.63) is 48.4 Å². The monoisotopic (exact) mass is 269 g/mol. The molecule has 2 aromatic heterocycles. The maximum atomic E-state index is 11.4. The number of rotatable bonds is 2. The number of ether oxygens (including phenoxy) is 1. The van der Waals surface area contributed by atoms with Gasteiger partial charge in [-0.3, -0.25) is 9.38 Å². The summed E-state index contributed by atoms with van der Waals surface area (Å²) in [5, 5.41) is 9.79. The number of aromatic hydroxyl groups is 1. The van der Waals surface area contributed by atoms with Crippen molar-refractivity contribution in [3.63, 3.8) is 0 Å². The molecule has 0 saturated heterocycles. The zero-order valence-corrected chi connectivity index (χ0v) is 10.6. The van der Waals surface area contributed by atoms with E-state index in [4.69, 9.17) is 0 Å². The minimum Gasteiger partial charge on any atom is -0.492 e. The molecular formula is C14H11N3O3. The fourth-order valence-electron chi connectivity index (χ4n) is 2.00. The Morgan fingerprint density at radius 2 is 2.05 bits per heavy atom. The van der Waals surface area contributed by atoms with Gasteiger partial charge in [0.05, 0.1) is 18.9 Å². The van der Waals surface area contributed by atoms with E-state index < -0.39 is 5.97 Å². The Morgan fingerprint density at radius 3 is 2.75 bits per heavy atom. The Labute approximate surface area is 114 Å². The zero-order chi connectivity index (χ0) is 14.1. The minimum atomic E-state index is -0.392. The molecule has 1 aromatic carbocycles. The molecule has 100 valence electrons. The van der Waals surface area contributed by atoms with Gasteiger partial charge in [-0.2, -0.15) is 4.98 Å². The van der Waals surface area contributed by atoms with Crippen LogP contribution in [0.25, 0.3) is 16.9 Å². The largest absolute Gasteiger partial charge is 0.492 e. The molecular weight excluding hydrogens is 258 g/mol. The van der Waals surface area contributed by atoms with Crippen LogP contribution in [0.3, 0.4) is 0 Å². The number of nitrogens with zero attached hydrogens (tertiary/aromatic N) is 3. The van der Waals surface area contributed by atoms with Gasteiger partial charge < -0.3 is 9.84 Å². The first-order valence-corrected chi connectivity index (χ1v) is 5.90. The van der Waals surface area contributed by atoms with Crippen molar-refractivity contribution in [2.24, 2.45) is 0 Å². The van der Waals surface area contributed by atoms with Crippen LogP contribution in [-0.4, -0.2) is 32.6 Å². The highest BCUT2D eigenvalue weighted by molar-refractivity contribution is 5.89. The Bertz CT molecular complexity index is 778. The standard InChI is InChI=1S/C14H11N3O3/c1-20-14(19)10-4-2-9(3-5-10)12-16-13(18)11-8-15-6-7-17(11)12/h2-8,18H,1H3. The third-order valence-electron chi connectivity index (χ3n) is 2.99. The van der Waals surface area contributed by atoms with Gasteiger partial charge in [-0.05, 0) is 12.1 Å². The van der Waals surface area contributed by atoms with Crippen LogP contribution in [0.5, 0.6) is 5.88 Å². The van der Waals surface area contributed by atoms with E-state index in [0.29, 0.717) is 16.9 Å². The molecule has 0 spiro atoms. The van der Waals surface area contributed by atoms with Gasteiger partial charge in [0.25, 0.3) is 0 Å². The summed E-state index contributed by atoms with van der Waals surface area (Å²) in [7, 11) is 1.34. The molecule has 0 bridgehead atoms. The lowest BCUT2D eigenvalue weighted by Gasteiger charge is -2.02. The molecule has 0 aliphatic carbocycles. The minimum absolute atomic E-state index is 0.0786. The Kier molecular flexibility index (Phi) is 2.83. The smallest absolute Gasteiger partial charge is 0.337 e. The molecule has 20 heavy (non-hydrogen) atoms. The predicted molar refractivity (Wildman–Crippen MR) is 71.4 cm³/mol. The van der Waals surface area contributed by atoms with E-state index >= 15 is 0 Å². The van der Waals surface area contributed by atoms with E-state index in [9.17, 15) is 9.90 Å². The van der Waals surface area contributed by atoms with Crippen molar-refractivity contribution in [3.8, 4) is 17.3 Å². The Balaban J connectivity index is 2.09. The topological polar surface area (TPSA) is 76.7 Å². The number of benzene rings is 1. The van der Waals surface area contributed by atoms with Gasteiger partial charge in [-0.25, -0.2) is 4.79 Å². The number of aromatic nitrogens is 3. The van der Waals surface area contributed by atoms with Crippen LogP contribution in [0.4, 0.5) is 0 Å². The van der Waals surface area contributed by atoms with Crippen LogP contribution < -0.4 is 0 Å². The van der Waals surface area contributed by atoms with Gasteiger partial charge in [-0.1, -0.05) is 12.1 Å². The molecule has 0 amide bonds. The highest BCUT2D eigenvalue weighted by atomic mass is 16.5. The summed E-state index contributed by atoms with van der Waals surface area (Å²) < 4.78 is 6.38. The number of carbonyl (C=O) groups excluding carboxylic acids is 1. The normalized spacial score (nSPS) is 10.7. The molecule has 2 heterocycles. The zero-order valence-electron chi connectivity index (χ0n) is 10.6. The van der Waals surface area contributed by atoms with Gasteiger partial charge in [0.15, 0.2) is 0 Å². The van der Waals surface area contributed by atoms with Crippen molar-refractivity contribution in [2.45, 2.75) is 0 Å². The third-order valence-corrected chi connectivity index (χ3v) is 2.99. The van der Waals surface area contributed by atoms with Crippen LogP contribution in [0, 0.1) is 0 Å². The number of imidazole rings is 1. The average Bonchev–Trinajstić information content (AvgIpc) is 2.84. The maximum absolute atomic E-state index is 11.4. The fraction of sp³-hybridized carbons (Fsp3) is 0.0714. The van der Waals surface area contributed by atoms with Crippen LogP contribution in [0.1, 0.15) is 10.4 Å². The van der Waals surface area contributed by atoms with E-state index in [0.717, 1.165) is 5.56 Å². The predicted octanol–water partition coefficient (Wildman–Crippen LogP) is 1.89. The average molecular weight is 269 g/mol. The first-order valence-electron chi connectivity index (χ1n) is 5.90. The van der Waals surface area contributed by atoms with Crippen LogP contribution >= 0.6 is 0 Å². The van der Waals surface area contributed by atoms with Crippen LogP contribution in [0.15, 0.2) is 42.9 Å². The maximum Gasteiger partial charge on any atom is 0.337 e. The summed E-state index contributed by atoms with van der Waals surface area (Å²) >= 11 is 0. The van der Waals surface area contributed by atoms with Crippen molar-refractivity contribution in [2.75, 3.05) is 7.11 Å². The van der Waals surface area contributed by atoms with Crippen molar-refractivity contribution in [1.29, 1.82) is 0 Å². The molecule has 0 atom stereocenters. The van der Waals surface area contributed by atoms with Crippen LogP contribution in [-0.2, 0) is 4.74 Å². The first-order chi connectivity index (χ1) is 9.70. The van der Waals surface area contributed by atoms with Crippen molar-refractivity contribution >= 4 is 11.5 Å². The van der Waals surface area contributed by atoms with E-state index in [1.54, 1.807) is 41.1 Å². The molecule has 6 nitrogen and oxygen atoms in total. The number of esters is 1. The highest BCUT2D eigenvalue weighted by Crippen LogP contribution is 2.25. The van der Waals surface area contributed by atoms with E-state index in [1.807, 2.05) is 0 Å². The third kappa shape index (κ3) is 1.87. The second kappa shape index (κ2) is 4.65. The molecule has 0 saturated carbocycles. The van der Waals surface area contributed by atoms with Gasteiger partial charge in [0.1, 0.15) is 11.3 Å². The van der Waals surface area contributed by atoms with Gasteiger partial charge >= 0.3 is 5.97 Å². The van der Waals surface area contributed by atoms with Gasteiger partial charge in [-0.15, -0.1) is 0 Å².